The van der Waals surface area contributed by atoms with Crippen LogP contribution in [-0.4, -0.2) is 45.2 Å². The monoisotopic (exact) mass is 315 g/mol. The van der Waals surface area contributed by atoms with Crippen molar-refractivity contribution in [1.82, 2.24) is 4.90 Å². The fourth-order valence-electron chi connectivity index (χ4n) is 2.81. The first-order chi connectivity index (χ1) is 11.1. The van der Waals surface area contributed by atoms with E-state index in [-0.39, 0.29) is 5.43 Å². The van der Waals surface area contributed by atoms with Gasteiger partial charge in [0.15, 0.2) is 0 Å². The van der Waals surface area contributed by atoms with Gasteiger partial charge in [-0.2, -0.15) is 0 Å². The largest absolute Gasteiger partial charge is 0.497 e. The zero-order chi connectivity index (χ0) is 16.4. The fraction of sp³-hybridized carbons (Fsp3) is 0.412. The lowest BCUT2D eigenvalue weighted by Crippen LogP contribution is -2.50. The molecule has 1 N–H and O–H groups in total. The van der Waals surface area contributed by atoms with E-state index in [1.165, 1.54) is 0 Å². The summed E-state index contributed by atoms with van der Waals surface area (Å²) >= 11 is 0. The minimum absolute atomic E-state index is 0.369. The first-order valence-corrected chi connectivity index (χ1v) is 7.73. The van der Waals surface area contributed by atoms with Crippen LogP contribution in [-0.2, 0) is 6.54 Å². The number of likely N-dealkylation sites (N-methyl/N-ethyl adjacent to an activating group) is 1. The van der Waals surface area contributed by atoms with E-state index in [1.807, 2.05) is 29.2 Å². The first kappa shape index (κ1) is 15.6. The van der Waals surface area contributed by atoms with Crippen LogP contribution in [0.3, 0.4) is 0 Å². The van der Waals surface area contributed by atoms with Crippen LogP contribution in [0.15, 0.2) is 33.9 Å². The van der Waals surface area contributed by atoms with Crippen LogP contribution in [0.4, 0.5) is 11.4 Å². The molecule has 0 radical (unpaired) electrons. The molecule has 0 aromatic heterocycles. The van der Waals surface area contributed by atoms with E-state index in [9.17, 15) is 9.59 Å². The SMILES string of the molecule is COc1ccc(CNc2c(N3CCN(C)CC3)c(=O)c2=O)cc1. The molecule has 2 aromatic rings. The number of hydrogen-bond acceptors (Lipinski definition) is 6. The van der Waals surface area contributed by atoms with E-state index in [4.69, 9.17) is 4.74 Å². The van der Waals surface area contributed by atoms with Gasteiger partial charge in [-0.15, -0.1) is 0 Å². The van der Waals surface area contributed by atoms with Crippen molar-refractivity contribution in [1.29, 1.82) is 0 Å². The summed E-state index contributed by atoms with van der Waals surface area (Å²) in [6.45, 7) is 3.86. The van der Waals surface area contributed by atoms with E-state index >= 15 is 0 Å². The Kier molecular flexibility index (Phi) is 4.34. The number of benzene rings is 1. The molecule has 0 spiro atoms. The van der Waals surface area contributed by atoms with Crippen molar-refractivity contribution in [2.75, 3.05) is 50.6 Å². The molecule has 1 fully saturated rings. The van der Waals surface area contributed by atoms with Crippen molar-refractivity contribution >= 4 is 11.4 Å². The summed E-state index contributed by atoms with van der Waals surface area (Å²) in [5.74, 6) is 0.793. The van der Waals surface area contributed by atoms with Crippen LogP contribution in [0.5, 0.6) is 5.75 Å². The quantitative estimate of drug-likeness (QED) is 0.818. The third kappa shape index (κ3) is 3.07. The molecule has 2 aromatic carbocycles. The average molecular weight is 315 g/mol. The van der Waals surface area contributed by atoms with Gasteiger partial charge in [-0.3, -0.25) is 9.59 Å². The molecule has 1 aliphatic heterocycles. The molecule has 0 amide bonds. The van der Waals surface area contributed by atoms with Crippen LogP contribution in [0, 0.1) is 0 Å². The van der Waals surface area contributed by atoms with Gasteiger partial charge in [-0.25, -0.2) is 0 Å². The number of nitrogens with zero attached hydrogens (tertiary/aromatic N) is 2. The molecule has 6 heteroatoms. The lowest BCUT2D eigenvalue weighted by atomic mass is 10.1. The summed E-state index contributed by atoms with van der Waals surface area (Å²) in [5.41, 5.74) is 1.26. The normalized spacial score (nSPS) is 15.8. The second kappa shape index (κ2) is 6.42. The highest BCUT2D eigenvalue weighted by molar-refractivity contribution is 5.75. The van der Waals surface area contributed by atoms with Crippen molar-refractivity contribution in [2.45, 2.75) is 6.54 Å². The van der Waals surface area contributed by atoms with Gasteiger partial charge in [-0.1, -0.05) is 12.1 Å². The van der Waals surface area contributed by atoms with Crippen molar-refractivity contribution in [2.24, 2.45) is 0 Å². The van der Waals surface area contributed by atoms with Gasteiger partial charge >= 0.3 is 0 Å². The summed E-state index contributed by atoms with van der Waals surface area (Å²) in [5, 5.41) is 3.12. The Hall–Kier alpha value is -2.34. The minimum atomic E-state index is -0.410. The van der Waals surface area contributed by atoms with Gasteiger partial charge in [0.25, 0.3) is 10.9 Å². The van der Waals surface area contributed by atoms with Crippen LogP contribution < -0.4 is 25.8 Å². The second-order valence-electron chi connectivity index (χ2n) is 5.87. The minimum Gasteiger partial charge on any atom is -0.497 e. The van der Waals surface area contributed by atoms with Crippen molar-refractivity contribution in [3.05, 3.63) is 50.3 Å². The molecule has 1 aliphatic rings. The topological polar surface area (TPSA) is 61.9 Å². The maximum atomic E-state index is 11.9. The molecular weight excluding hydrogens is 294 g/mol. The van der Waals surface area contributed by atoms with E-state index in [1.54, 1.807) is 7.11 Å². The third-order valence-electron chi connectivity index (χ3n) is 4.33. The number of ether oxygens (including phenoxy) is 1. The van der Waals surface area contributed by atoms with Crippen LogP contribution >= 0.6 is 0 Å². The molecule has 3 rings (SSSR count). The zero-order valence-electron chi connectivity index (χ0n) is 13.5. The van der Waals surface area contributed by atoms with E-state index in [0.29, 0.717) is 17.9 Å². The number of methoxy groups -OCH3 is 1. The second-order valence-corrected chi connectivity index (χ2v) is 5.87. The third-order valence-corrected chi connectivity index (χ3v) is 4.33. The summed E-state index contributed by atoms with van der Waals surface area (Å²) in [4.78, 5) is 28.0. The number of piperazine rings is 1. The van der Waals surface area contributed by atoms with Crippen molar-refractivity contribution < 1.29 is 4.74 Å². The highest BCUT2D eigenvalue weighted by atomic mass is 16.5. The Balaban J connectivity index is 1.69. The summed E-state index contributed by atoms with van der Waals surface area (Å²) in [7, 11) is 3.68. The maximum absolute atomic E-state index is 11.9. The Bertz CT molecular complexity index is 739. The molecule has 0 atom stereocenters. The molecular formula is C17H21N3O3. The summed E-state index contributed by atoms with van der Waals surface area (Å²) < 4.78 is 5.12. The number of rotatable bonds is 5. The van der Waals surface area contributed by atoms with E-state index in [0.717, 1.165) is 37.5 Å². The van der Waals surface area contributed by atoms with E-state index < -0.39 is 5.43 Å². The number of nitrogens with one attached hydrogen (secondary N) is 1. The van der Waals surface area contributed by atoms with Gasteiger partial charge < -0.3 is 19.9 Å². The first-order valence-electron chi connectivity index (χ1n) is 7.73. The van der Waals surface area contributed by atoms with Crippen LogP contribution in [0.2, 0.25) is 0 Å². The molecule has 122 valence electrons. The van der Waals surface area contributed by atoms with Crippen LogP contribution in [0.1, 0.15) is 5.56 Å². The fourth-order valence-corrected chi connectivity index (χ4v) is 2.81. The number of hydrogen-bond donors (Lipinski definition) is 1. The van der Waals surface area contributed by atoms with Gasteiger partial charge in [0.1, 0.15) is 17.1 Å². The van der Waals surface area contributed by atoms with Gasteiger partial charge in [-0.05, 0) is 24.7 Å². The van der Waals surface area contributed by atoms with Gasteiger partial charge in [0.2, 0.25) is 0 Å². The lowest BCUT2D eigenvalue weighted by molar-refractivity contribution is 0.312. The average Bonchev–Trinajstić information content (AvgIpc) is 2.59. The molecule has 0 unspecified atom stereocenters. The molecule has 23 heavy (non-hydrogen) atoms. The zero-order valence-corrected chi connectivity index (χ0v) is 13.5. The summed E-state index contributed by atoms with van der Waals surface area (Å²) in [6.07, 6.45) is 0. The van der Waals surface area contributed by atoms with Gasteiger partial charge in [0.05, 0.1) is 7.11 Å². The van der Waals surface area contributed by atoms with E-state index in [2.05, 4.69) is 17.3 Å². The summed E-state index contributed by atoms with van der Waals surface area (Å²) in [6, 6.07) is 7.63. The smallest absolute Gasteiger partial charge is 0.253 e. The Morgan fingerprint density at radius 3 is 2.30 bits per heavy atom. The lowest BCUT2D eigenvalue weighted by Gasteiger charge is -2.35. The predicted molar refractivity (Wildman–Crippen MR) is 91.4 cm³/mol. The highest BCUT2D eigenvalue weighted by Gasteiger charge is 2.27. The van der Waals surface area contributed by atoms with Crippen LogP contribution in [0.25, 0.3) is 0 Å². The molecule has 1 heterocycles. The van der Waals surface area contributed by atoms with Gasteiger partial charge in [0, 0.05) is 32.7 Å². The molecule has 0 aliphatic carbocycles. The predicted octanol–water partition coefficient (Wildman–Crippen LogP) is 0.655. The molecule has 6 nitrogen and oxygen atoms in total. The number of anilines is 2. The Morgan fingerprint density at radius 1 is 1.04 bits per heavy atom. The molecule has 0 saturated carbocycles. The molecule has 0 bridgehead atoms. The molecule has 1 saturated heterocycles. The Labute approximate surface area is 135 Å². The standard InChI is InChI=1S/C17H21N3O3/c1-19-7-9-20(10-8-19)15-14(16(21)17(15)22)18-11-12-3-5-13(23-2)6-4-12/h3-6,18H,7-11H2,1-2H3. The van der Waals surface area contributed by atoms with Crippen molar-refractivity contribution in [3.63, 3.8) is 0 Å². The Morgan fingerprint density at radius 2 is 1.70 bits per heavy atom. The highest BCUT2D eigenvalue weighted by Crippen LogP contribution is 2.22. The van der Waals surface area contributed by atoms with Crippen molar-refractivity contribution in [3.8, 4) is 5.75 Å². The maximum Gasteiger partial charge on any atom is 0.253 e.